The van der Waals surface area contributed by atoms with Gasteiger partial charge in [-0.2, -0.15) is 8.42 Å². The van der Waals surface area contributed by atoms with Gasteiger partial charge in [-0.25, -0.2) is 0 Å². The lowest BCUT2D eigenvalue weighted by Crippen LogP contribution is -2.45. The number of hydrogen-bond donors (Lipinski definition) is 1. The SMILES string of the molecule is [2H]OS(=O)(=O)CC(=O)N(c1c(C)cccc1CC)C(C)COC. The summed E-state index contributed by atoms with van der Waals surface area (Å²) in [5.74, 6) is -1.53. The second-order valence-corrected chi connectivity index (χ2v) is 6.61. The number of aryl methyl sites for hydroxylation is 2. The van der Waals surface area contributed by atoms with Gasteiger partial charge >= 0.3 is 0 Å². The number of carbonyl (C=O) groups excluding carboxylic acids is 1. The topological polar surface area (TPSA) is 83.9 Å². The summed E-state index contributed by atoms with van der Waals surface area (Å²) in [6.45, 7) is 5.86. The van der Waals surface area contributed by atoms with Crippen LogP contribution >= 0.6 is 0 Å². The molecule has 0 aliphatic rings. The summed E-state index contributed by atoms with van der Waals surface area (Å²) in [4.78, 5) is 14.0. The zero-order valence-corrected chi connectivity index (χ0v) is 14.1. The lowest BCUT2D eigenvalue weighted by atomic mass is 10.0. The molecular weight excluding hydrogens is 306 g/mol. The zero-order chi connectivity index (χ0) is 17.6. The molecule has 0 aromatic heterocycles. The minimum absolute atomic E-state index is 0.255. The van der Waals surface area contributed by atoms with Crippen molar-refractivity contribution in [2.24, 2.45) is 0 Å². The van der Waals surface area contributed by atoms with Crippen molar-refractivity contribution in [2.75, 3.05) is 24.4 Å². The molecule has 0 saturated heterocycles. The molecule has 0 aliphatic carbocycles. The van der Waals surface area contributed by atoms with Gasteiger partial charge in [-0.1, -0.05) is 25.1 Å². The molecule has 0 aliphatic heterocycles. The molecule has 0 spiro atoms. The van der Waals surface area contributed by atoms with Gasteiger partial charge in [0.25, 0.3) is 10.1 Å². The Morgan fingerprint density at radius 1 is 1.50 bits per heavy atom. The van der Waals surface area contributed by atoms with E-state index in [2.05, 4.69) is 4.56 Å². The van der Waals surface area contributed by atoms with E-state index in [0.29, 0.717) is 12.1 Å². The highest BCUT2D eigenvalue weighted by atomic mass is 32.2. The maximum absolute atomic E-state index is 12.6. The molecule has 0 heterocycles. The second-order valence-electron chi connectivity index (χ2n) is 5.21. The largest absolute Gasteiger partial charge is 0.383 e. The second kappa shape index (κ2) is 7.71. The van der Waals surface area contributed by atoms with Gasteiger partial charge in [-0.15, -0.1) is 0 Å². The van der Waals surface area contributed by atoms with Gasteiger partial charge in [0.05, 0.1) is 18.3 Å². The van der Waals surface area contributed by atoms with Crippen molar-refractivity contribution in [1.29, 1.82) is 1.43 Å². The van der Waals surface area contributed by atoms with E-state index in [-0.39, 0.29) is 12.6 Å². The predicted octanol–water partition coefficient (Wildman–Crippen LogP) is 1.81. The quantitative estimate of drug-likeness (QED) is 0.735. The van der Waals surface area contributed by atoms with Gasteiger partial charge in [0.1, 0.15) is 0 Å². The van der Waals surface area contributed by atoms with E-state index in [4.69, 9.17) is 6.17 Å². The molecule has 6 nitrogen and oxygen atoms in total. The highest BCUT2D eigenvalue weighted by molar-refractivity contribution is 7.86. The number of para-hydroxylation sites is 1. The van der Waals surface area contributed by atoms with Crippen LogP contribution in [0.25, 0.3) is 1.43 Å². The number of anilines is 1. The number of benzene rings is 1. The summed E-state index contributed by atoms with van der Waals surface area (Å²) in [7, 11) is -2.70. The third-order valence-corrected chi connectivity index (χ3v) is 3.96. The van der Waals surface area contributed by atoms with Gasteiger partial charge in [0, 0.05) is 7.11 Å². The zero-order valence-electron chi connectivity index (χ0n) is 14.3. The summed E-state index contributed by atoms with van der Waals surface area (Å²) in [5, 5.41) is 0. The van der Waals surface area contributed by atoms with E-state index in [1.807, 2.05) is 32.0 Å². The Morgan fingerprint density at radius 2 is 2.18 bits per heavy atom. The monoisotopic (exact) mass is 330 g/mol. The Balaban J connectivity index is 3.35. The average Bonchev–Trinajstić information content (AvgIpc) is 2.49. The number of nitrogens with zero attached hydrogens (tertiary/aromatic N) is 1. The Bertz CT molecular complexity index is 647. The number of hydrogen-bond acceptors (Lipinski definition) is 5. The molecule has 1 aromatic carbocycles. The minimum atomic E-state index is -4.22. The van der Waals surface area contributed by atoms with Crippen molar-refractivity contribution in [3.8, 4) is 0 Å². The van der Waals surface area contributed by atoms with Crippen LogP contribution in [0.15, 0.2) is 18.2 Å². The molecular formula is C15H23NO5S. The molecule has 1 unspecified atom stereocenters. The molecule has 1 amide bonds. The number of ether oxygens (including phenoxy) is 1. The maximum Gasteiger partial charge on any atom is 0.274 e. The first-order chi connectivity index (χ1) is 10.8. The van der Waals surface area contributed by atoms with Crippen LogP contribution in [0, 0.1) is 6.92 Å². The fraction of sp³-hybridized carbons (Fsp3) is 0.533. The Labute approximate surface area is 133 Å². The lowest BCUT2D eigenvalue weighted by molar-refractivity contribution is -0.117. The fourth-order valence-electron chi connectivity index (χ4n) is 2.48. The van der Waals surface area contributed by atoms with Crippen molar-refractivity contribution < 1.29 is 22.5 Å². The van der Waals surface area contributed by atoms with Crippen LogP contribution in [-0.2, 0) is 26.1 Å². The van der Waals surface area contributed by atoms with Crippen LogP contribution in [0.5, 0.6) is 0 Å². The minimum Gasteiger partial charge on any atom is -0.383 e. The van der Waals surface area contributed by atoms with Crippen LogP contribution in [0.1, 0.15) is 25.0 Å². The van der Waals surface area contributed by atoms with Crippen molar-refractivity contribution in [1.82, 2.24) is 0 Å². The summed E-state index contributed by atoms with van der Waals surface area (Å²) >= 11 is 0. The fourth-order valence-corrected chi connectivity index (χ4v) is 2.92. The summed E-state index contributed by atoms with van der Waals surface area (Å²) < 4.78 is 38.3. The number of amides is 1. The van der Waals surface area contributed by atoms with E-state index < -0.39 is 21.8 Å². The highest BCUT2D eigenvalue weighted by Crippen LogP contribution is 2.28. The Kier molecular flexibility index (Phi) is 5.93. The van der Waals surface area contributed by atoms with Crippen LogP contribution in [-0.4, -0.2) is 44.4 Å². The molecule has 7 heteroatoms. The molecule has 1 atom stereocenters. The van der Waals surface area contributed by atoms with E-state index in [1.165, 1.54) is 12.0 Å². The third-order valence-electron chi connectivity index (χ3n) is 3.36. The summed E-state index contributed by atoms with van der Waals surface area (Å²) in [6.07, 6.45) is 0.697. The first kappa shape index (κ1) is 16.9. The summed E-state index contributed by atoms with van der Waals surface area (Å²) in [5.41, 5.74) is 2.49. The first-order valence-electron chi connectivity index (χ1n) is 7.45. The standard InChI is InChI=1S/C15H23NO5S/c1-5-13-8-6-7-11(2)15(13)16(12(3)9-21-4)14(17)10-22(18,19)20/h6-8,12H,5,9-10H2,1-4H3,(H,18,19,20)/i/hD. The molecule has 0 fully saturated rings. The normalized spacial score (nSPS) is 13.5. The summed E-state index contributed by atoms with van der Waals surface area (Å²) in [6, 6.07) is 5.30. The Hall–Kier alpha value is -1.44. The van der Waals surface area contributed by atoms with Crippen LogP contribution in [0.3, 0.4) is 0 Å². The third kappa shape index (κ3) is 4.79. The van der Waals surface area contributed by atoms with Crippen molar-refractivity contribution in [3.05, 3.63) is 29.3 Å². The molecule has 124 valence electrons. The molecule has 0 radical (unpaired) electrons. The maximum atomic E-state index is 12.6. The van der Waals surface area contributed by atoms with Gasteiger partial charge < -0.3 is 9.64 Å². The van der Waals surface area contributed by atoms with Crippen molar-refractivity contribution in [3.63, 3.8) is 0 Å². The van der Waals surface area contributed by atoms with E-state index in [0.717, 1.165) is 11.1 Å². The molecule has 0 bridgehead atoms. The lowest BCUT2D eigenvalue weighted by Gasteiger charge is -2.31. The van der Waals surface area contributed by atoms with E-state index >= 15 is 0 Å². The predicted molar refractivity (Wildman–Crippen MR) is 85.8 cm³/mol. The average molecular weight is 330 g/mol. The number of rotatable bonds is 8. The van der Waals surface area contributed by atoms with Gasteiger partial charge in [0.2, 0.25) is 7.34 Å². The number of carbonyl (C=O) groups is 1. The van der Waals surface area contributed by atoms with Crippen molar-refractivity contribution in [2.45, 2.75) is 33.2 Å². The molecule has 1 N–H and O–H groups in total. The molecule has 0 saturated carbocycles. The van der Waals surface area contributed by atoms with Gasteiger partial charge in [-0.3, -0.25) is 9.35 Å². The number of methoxy groups -OCH3 is 1. The van der Waals surface area contributed by atoms with Crippen LogP contribution in [0.4, 0.5) is 5.69 Å². The highest BCUT2D eigenvalue weighted by Gasteiger charge is 2.28. The molecule has 1 rings (SSSR count). The van der Waals surface area contributed by atoms with E-state index in [9.17, 15) is 13.2 Å². The molecule has 1 aromatic rings. The van der Waals surface area contributed by atoms with E-state index in [1.54, 1.807) is 6.92 Å². The Morgan fingerprint density at radius 3 is 2.73 bits per heavy atom. The van der Waals surface area contributed by atoms with Crippen molar-refractivity contribution >= 4 is 21.7 Å². The van der Waals surface area contributed by atoms with Crippen LogP contribution in [0.2, 0.25) is 0 Å². The van der Waals surface area contributed by atoms with Gasteiger partial charge in [-0.05, 0) is 31.4 Å². The molecule has 22 heavy (non-hydrogen) atoms. The smallest absolute Gasteiger partial charge is 0.274 e. The first-order valence-corrected chi connectivity index (χ1v) is 8.62. The van der Waals surface area contributed by atoms with Gasteiger partial charge in [0.15, 0.2) is 5.75 Å². The van der Waals surface area contributed by atoms with Crippen LogP contribution < -0.4 is 4.90 Å².